The number of alkyl halides is 6. The predicted octanol–water partition coefficient (Wildman–Crippen LogP) is 2.92. The summed E-state index contributed by atoms with van der Waals surface area (Å²) in [5.74, 6) is -0.732. The van der Waals surface area contributed by atoms with Gasteiger partial charge in [0, 0.05) is 12.4 Å². The first kappa shape index (κ1) is 24.9. The maximum absolute atomic E-state index is 13.0. The first-order valence-electron chi connectivity index (χ1n) is 9.49. The standard InChI is InChI=1S/C18H17F6N7O3/c1-9(34-13-6-28-31-15(32)14(13)18(22,23)24)7-33-8-12-2-11(29-30-12)5-27-16-25-3-10(4-26-16)17(19,20)21/h2-4,6,9H,5,7-8H2,1H3,(H,29,30)(H,31,32)(H,25,26,27)/t9-/m0/s1. The molecule has 0 unspecified atom stereocenters. The highest BCUT2D eigenvalue weighted by molar-refractivity contribution is 5.30. The number of aromatic nitrogens is 6. The summed E-state index contributed by atoms with van der Waals surface area (Å²) >= 11 is 0. The van der Waals surface area contributed by atoms with Gasteiger partial charge in [0.2, 0.25) is 5.95 Å². The van der Waals surface area contributed by atoms with Crippen molar-refractivity contribution >= 4 is 5.95 Å². The molecule has 0 spiro atoms. The molecule has 0 radical (unpaired) electrons. The largest absolute Gasteiger partial charge is 0.486 e. The van der Waals surface area contributed by atoms with E-state index in [1.54, 1.807) is 11.2 Å². The lowest BCUT2D eigenvalue weighted by Crippen LogP contribution is -2.27. The molecule has 3 aromatic heterocycles. The van der Waals surface area contributed by atoms with Crippen LogP contribution in [0.1, 0.15) is 29.4 Å². The van der Waals surface area contributed by atoms with Gasteiger partial charge in [0.25, 0.3) is 5.56 Å². The molecule has 3 aromatic rings. The summed E-state index contributed by atoms with van der Waals surface area (Å²) in [5.41, 5.74) is -2.88. The van der Waals surface area contributed by atoms with Crippen LogP contribution in [0, 0.1) is 0 Å². The minimum absolute atomic E-state index is 0.0132. The lowest BCUT2D eigenvalue weighted by atomic mass is 10.2. The third-order valence-corrected chi connectivity index (χ3v) is 4.14. The molecular formula is C18H17F6N7O3. The molecule has 0 saturated carbocycles. The second kappa shape index (κ2) is 10.1. The normalized spacial score (nSPS) is 13.0. The molecule has 0 saturated heterocycles. The first-order valence-corrected chi connectivity index (χ1v) is 9.49. The minimum atomic E-state index is -4.92. The number of nitrogens with zero attached hydrogens (tertiary/aromatic N) is 4. The second-order valence-electron chi connectivity index (χ2n) is 6.91. The van der Waals surface area contributed by atoms with Crippen LogP contribution in [0.4, 0.5) is 32.3 Å². The molecule has 16 heteroatoms. The molecule has 184 valence electrons. The highest BCUT2D eigenvalue weighted by atomic mass is 19.4. The van der Waals surface area contributed by atoms with Crippen LogP contribution in [0.15, 0.2) is 29.5 Å². The fraction of sp³-hybridized carbons (Fsp3) is 0.389. The topological polar surface area (TPSA) is 131 Å². The van der Waals surface area contributed by atoms with Gasteiger partial charge in [-0.15, -0.1) is 0 Å². The molecule has 0 aliphatic heterocycles. The van der Waals surface area contributed by atoms with Crippen molar-refractivity contribution in [3.8, 4) is 5.75 Å². The Bertz CT molecular complexity index is 1140. The lowest BCUT2D eigenvalue weighted by Gasteiger charge is -2.17. The smallest absolute Gasteiger partial charge is 0.425 e. The Labute approximate surface area is 186 Å². The lowest BCUT2D eigenvalue weighted by molar-refractivity contribution is -0.141. The third-order valence-electron chi connectivity index (χ3n) is 4.14. The van der Waals surface area contributed by atoms with E-state index in [0.717, 1.165) is 6.20 Å². The number of H-pyrrole nitrogens is 2. The zero-order chi connectivity index (χ0) is 24.9. The Morgan fingerprint density at radius 1 is 1.06 bits per heavy atom. The number of aromatic amines is 2. The second-order valence-corrected chi connectivity index (χ2v) is 6.91. The monoisotopic (exact) mass is 493 g/mol. The van der Waals surface area contributed by atoms with Crippen molar-refractivity contribution < 1.29 is 35.8 Å². The van der Waals surface area contributed by atoms with Crippen molar-refractivity contribution in [1.82, 2.24) is 30.4 Å². The van der Waals surface area contributed by atoms with Gasteiger partial charge in [0.15, 0.2) is 11.3 Å². The zero-order valence-corrected chi connectivity index (χ0v) is 17.3. The molecular weight excluding hydrogens is 476 g/mol. The van der Waals surface area contributed by atoms with Crippen LogP contribution >= 0.6 is 0 Å². The van der Waals surface area contributed by atoms with E-state index in [-0.39, 0.29) is 25.7 Å². The quantitative estimate of drug-likeness (QED) is 0.388. The van der Waals surface area contributed by atoms with Crippen molar-refractivity contribution in [2.24, 2.45) is 0 Å². The van der Waals surface area contributed by atoms with Crippen molar-refractivity contribution in [3.05, 3.63) is 57.5 Å². The fourth-order valence-corrected chi connectivity index (χ4v) is 2.63. The Morgan fingerprint density at radius 3 is 2.41 bits per heavy atom. The third kappa shape index (κ3) is 6.66. The van der Waals surface area contributed by atoms with Crippen molar-refractivity contribution in [2.75, 3.05) is 11.9 Å². The number of hydrogen-bond acceptors (Lipinski definition) is 8. The van der Waals surface area contributed by atoms with Gasteiger partial charge in [0.1, 0.15) is 6.10 Å². The predicted molar refractivity (Wildman–Crippen MR) is 103 cm³/mol. The molecule has 34 heavy (non-hydrogen) atoms. The van der Waals surface area contributed by atoms with Crippen LogP contribution in [0.25, 0.3) is 0 Å². The minimum Gasteiger partial charge on any atom is -0.486 e. The Hall–Kier alpha value is -3.69. The first-order chi connectivity index (χ1) is 15.9. The van der Waals surface area contributed by atoms with Crippen LogP contribution in [0.5, 0.6) is 5.75 Å². The molecule has 0 aliphatic carbocycles. The van der Waals surface area contributed by atoms with Gasteiger partial charge in [-0.3, -0.25) is 9.89 Å². The van der Waals surface area contributed by atoms with E-state index in [1.807, 2.05) is 0 Å². The Morgan fingerprint density at radius 2 is 1.76 bits per heavy atom. The molecule has 0 fully saturated rings. The fourth-order valence-electron chi connectivity index (χ4n) is 2.63. The van der Waals surface area contributed by atoms with Crippen LogP contribution in [0.3, 0.4) is 0 Å². The number of ether oxygens (including phenoxy) is 2. The van der Waals surface area contributed by atoms with Gasteiger partial charge in [-0.1, -0.05) is 0 Å². The average molecular weight is 493 g/mol. The summed E-state index contributed by atoms with van der Waals surface area (Å²) < 4.78 is 87.2. The van der Waals surface area contributed by atoms with Crippen LogP contribution < -0.4 is 15.6 Å². The van der Waals surface area contributed by atoms with E-state index in [9.17, 15) is 31.1 Å². The number of hydrogen-bond donors (Lipinski definition) is 3. The maximum Gasteiger partial charge on any atom is 0.425 e. The van der Waals surface area contributed by atoms with Crippen LogP contribution in [-0.2, 0) is 30.2 Å². The van der Waals surface area contributed by atoms with Gasteiger partial charge in [-0.25, -0.2) is 15.1 Å². The molecule has 0 amide bonds. The molecule has 3 heterocycles. The molecule has 0 aromatic carbocycles. The number of halogens is 6. The van der Waals surface area contributed by atoms with Crippen molar-refractivity contribution in [2.45, 2.75) is 38.5 Å². The number of nitrogens with one attached hydrogen (secondary N) is 3. The summed E-state index contributed by atoms with van der Waals surface area (Å²) in [7, 11) is 0. The Kier molecular flexibility index (Phi) is 7.38. The average Bonchev–Trinajstić information content (AvgIpc) is 3.19. The number of anilines is 1. The summed E-state index contributed by atoms with van der Waals surface area (Å²) in [4.78, 5) is 18.6. The maximum atomic E-state index is 13.0. The van der Waals surface area contributed by atoms with Crippen LogP contribution in [-0.4, -0.2) is 43.1 Å². The summed E-state index contributed by atoms with van der Waals surface area (Å²) in [6.45, 7) is 1.45. The van der Waals surface area contributed by atoms with Gasteiger partial charge in [0.05, 0.1) is 42.9 Å². The molecule has 10 nitrogen and oxygen atoms in total. The highest BCUT2D eigenvalue weighted by Gasteiger charge is 2.38. The van der Waals surface area contributed by atoms with Crippen LogP contribution in [0.2, 0.25) is 0 Å². The van der Waals surface area contributed by atoms with Gasteiger partial charge in [-0.2, -0.15) is 36.5 Å². The van der Waals surface area contributed by atoms with Gasteiger partial charge >= 0.3 is 12.4 Å². The van der Waals surface area contributed by atoms with E-state index in [0.29, 0.717) is 23.8 Å². The molecule has 3 N–H and O–H groups in total. The van der Waals surface area contributed by atoms with Gasteiger partial charge in [-0.05, 0) is 13.0 Å². The number of rotatable bonds is 9. The zero-order valence-electron chi connectivity index (χ0n) is 17.3. The highest BCUT2D eigenvalue weighted by Crippen LogP contribution is 2.33. The summed E-state index contributed by atoms with van der Waals surface area (Å²) in [6.07, 6.45) is -8.23. The summed E-state index contributed by atoms with van der Waals surface area (Å²) in [6, 6.07) is 1.60. The van der Waals surface area contributed by atoms with E-state index < -0.39 is 40.9 Å². The van der Waals surface area contributed by atoms with E-state index in [4.69, 9.17) is 9.47 Å². The molecule has 1 atom stereocenters. The Balaban J connectivity index is 1.47. The molecule has 0 aliphatic rings. The van der Waals surface area contributed by atoms with E-state index in [1.165, 1.54) is 6.92 Å². The SMILES string of the molecule is C[C@@H](COCc1cc(CNc2ncc(C(F)(F)F)cn2)[nH]n1)Oc1cn[nH]c(=O)c1C(F)(F)F. The molecule has 3 rings (SSSR count). The van der Waals surface area contributed by atoms with Crippen molar-refractivity contribution in [3.63, 3.8) is 0 Å². The van der Waals surface area contributed by atoms with Crippen molar-refractivity contribution in [1.29, 1.82) is 0 Å². The van der Waals surface area contributed by atoms with E-state index in [2.05, 4.69) is 30.6 Å². The van der Waals surface area contributed by atoms with Gasteiger partial charge < -0.3 is 14.8 Å². The molecule has 0 bridgehead atoms. The van der Waals surface area contributed by atoms with E-state index >= 15 is 0 Å². The summed E-state index contributed by atoms with van der Waals surface area (Å²) in [5, 5.41) is 14.4.